The van der Waals surface area contributed by atoms with Crippen molar-refractivity contribution >= 4 is 5.97 Å². The van der Waals surface area contributed by atoms with Gasteiger partial charge in [0.15, 0.2) is 0 Å². The van der Waals surface area contributed by atoms with Gasteiger partial charge in [-0.25, -0.2) is 0 Å². The molecule has 0 saturated heterocycles. The average molecular weight is 324 g/mol. The van der Waals surface area contributed by atoms with Crippen LogP contribution in [0.2, 0.25) is 0 Å². The molecule has 1 rings (SSSR count). The Kier molecular flexibility index (Phi) is 8.06. The highest BCUT2D eigenvalue weighted by atomic mass is 16.5. The highest BCUT2D eigenvalue weighted by Gasteiger charge is 2.18. The van der Waals surface area contributed by atoms with Crippen LogP contribution < -0.4 is 4.74 Å². The Hall–Kier alpha value is -1.59. The van der Waals surface area contributed by atoms with Crippen LogP contribution in [-0.2, 0) is 16.0 Å². The Morgan fingerprint density at radius 3 is 2.52 bits per heavy atom. The van der Waals surface area contributed by atoms with Gasteiger partial charge in [0.05, 0.1) is 24.9 Å². The number of ether oxygens (including phenoxy) is 2. The van der Waals surface area contributed by atoms with E-state index in [1.54, 1.807) is 0 Å². The van der Waals surface area contributed by atoms with Gasteiger partial charge in [0.2, 0.25) is 0 Å². The van der Waals surface area contributed by atoms with E-state index in [4.69, 9.17) is 14.6 Å². The molecule has 0 aliphatic carbocycles. The number of carboxylic acids is 1. The minimum atomic E-state index is -0.842. The molecule has 0 spiro atoms. The number of aliphatic hydroxyl groups is 1. The molecule has 2 N–H and O–H groups in total. The summed E-state index contributed by atoms with van der Waals surface area (Å²) in [7, 11) is 0. The van der Waals surface area contributed by atoms with Gasteiger partial charge in [0, 0.05) is 12.0 Å². The molecule has 0 unspecified atom stereocenters. The molecule has 0 aliphatic rings. The first-order valence-corrected chi connectivity index (χ1v) is 8.15. The number of aliphatic carboxylic acids is 1. The predicted octanol–water partition coefficient (Wildman–Crippen LogP) is 3.34. The van der Waals surface area contributed by atoms with E-state index in [0.717, 1.165) is 11.1 Å². The van der Waals surface area contributed by atoms with Crippen LogP contribution in [0.25, 0.3) is 0 Å². The van der Waals surface area contributed by atoms with E-state index in [1.807, 2.05) is 45.9 Å². The number of hydrogen-bond acceptors (Lipinski definition) is 4. The first-order chi connectivity index (χ1) is 10.8. The number of hydrogen-bond donors (Lipinski definition) is 2. The second kappa shape index (κ2) is 9.53. The van der Waals surface area contributed by atoms with Crippen molar-refractivity contribution in [2.24, 2.45) is 0 Å². The number of rotatable bonds is 10. The van der Waals surface area contributed by atoms with Gasteiger partial charge in [-0.2, -0.15) is 0 Å². The van der Waals surface area contributed by atoms with Crippen LogP contribution >= 0.6 is 0 Å². The second-order valence-electron chi connectivity index (χ2n) is 5.92. The van der Waals surface area contributed by atoms with Crippen molar-refractivity contribution in [3.63, 3.8) is 0 Å². The lowest BCUT2D eigenvalue weighted by molar-refractivity contribution is -0.136. The molecule has 0 bridgehead atoms. The predicted molar refractivity (Wildman–Crippen MR) is 88.8 cm³/mol. The zero-order valence-electron chi connectivity index (χ0n) is 14.4. The summed E-state index contributed by atoms with van der Waals surface area (Å²) in [6.45, 7) is 7.93. The quantitative estimate of drug-likeness (QED) is 0.690. The van der Waals surface area contributed by atoms with Gasteiger partial charge < -0.3 is 19.7 Å². The molecule has 0 aliphatic heterocycles. The highest BCUT2D eigenvalue weighted by Crippen LogP contribution is 2.31. The molecule has 0 aromatic heterocycles. The fourth-order valence-corrected chi connectivity index (χ4v) is 2.29. The second-order valence-corrected chi connectivity index (χ2v) is 5.92. The van der Waals surface area contributed by atoms with Gasteiger partial charge in [0.1, 0.15) is 5.75 Å². The van der Waals surface area contributed by atoms with Crippen LogP contribution in [0.1, 0.15) is 57.8 Å². The maximum absolute atomic E-state index is 10.9. The smallest absolute Gasteiger partial charge is 0.303 e. The van der Waals surface area contributed by atoms with Crippen LogP contribution in [0.3, 0.4) is 0 Å². The first kappa shape index (κ1) is 19.5. The first-order valence-electron chi connectivity index (χ1n) is 8.15. The highest BCUT2D eigenvalue weighted by molar-refractivity contribution is 5.67. The lowest BCUT2D eigenvalue weighted by atomic mass is 9.98. The summed E-state index contributed by atoms with van der Waals surface area (Å²) >= 11 is 0. The van der Waals surface area contributed by atoms with Crippen molar-refractivity contribution in [2.75, 3.05) is 6.61 Å². The number of carboxylic acid groups (broad SMARTS) is 1. The number of benzene rings is 1. The zero-order valence-corrected chi connectivity index (χ0v) is 14.4. The van der Waals surface area contributed by atoms with Crippen molar-refractivity contribution in [2.45, 2.75) is 65.3 Å². The largest absolute Gasteiger partial charge is 0.491 e. The van der Waals surface area contributed by atoms with E-state index in [1.165, 1.54) is 0 Å². The third kappa shape index (κ3) is 6.59. The topological polar surface area (TPSA) is 76.0 Å². The van der Waals surface area contributed by atoms with Crippen molar-refractivity contribution in [1.29, 1.82) is 0 Å². The van der Waals surface area contributed by atoms with Gasteiger partial charge in [0.25, 0.3) is 0 Å². The van der Waals surface area contributed by atoms with Crippen LogP contribution in [0.15, 0.2) is 18.2 Å². The SMILES string of the molecule is CC[C@@H](O)CO[C@H](C)c1cccc(OC(C)C)c1CCC(=O)O. The van der Waals surface area contributed by atoms with Gasteiger partial charge in [-0.15, -0.1) is 0 Å². The summed E-state index contributed by atoms with van der Waals surface area (Å²) in [6.07, 6.45) is 0.334. The zero-order chi connectivity index (χ0) is 17.4. The van der Waals surface area contributed by atoms with Crippen molar-refractivity contribution < 1.29 is 24.5 Å². The third-order valence-electron chi connectivity index (χ3n) is 3.57. The molecule has 0 heterocycles. The lowest BCUT2D eigenvalue weighted by Crippen LogP contribution is -2.17. The standard InChI is InChI=1S/C18H28O5/c1-5-14(19)11-22-13(4)15-7-6-8-17(23-12(2)3)16(15)9-10-18(20)21/h6-8,12-14,19H,5,9-11H2,1-4H3,(H,20,21)/t13-,14-/m1/s1. The molecule has 130 valence electrons. The van der Waals surface area contributed by atoms with Crippen molar-refractivity contribution in [1.82, 2.24) is 0 Å². The Bertz CT molecular complexity index is 498. The summed E-state index contributed by atoms with van der Waals surface area (Å²) in [5.74, 6) is -0.143. The molecule has 0 amide bonds. The van der Waals surface area contributed by atoms with E-state index >= 15 is 0 Å². The van der Waals surface area contributed by atoms with Crippen molar-refractivity contribution in [3.05, 3.63) is 29.3 Å². The van der Waals surface area contributed by atoms with Crippen molar-refractivity contribution in [3.8, 4) is 5.75 Å². The number of aliphatic hydroxyl groups excluding tert-OH is 1. The summed E-state index contributed by atoms with van der Waals surface area (Å²) in [4.78, 5) is 10.9. The number of carbonyl (C=O) groups is 1. The molecule has 0 fully saturated rings. The fourth-order valence-electron chi connectivity index (χ4n) is 2.29. The Morgan fingerprint density at radius 1 is 1.26 bits per heavy atom. The molecular formula is C18H28O5. The molecular weight excluding hydrogens is 296 g/mol. The Morgan fingerprint density at radius 2 is 1.96 bits per heavy atom. The molecule has 0 radical (unpaired) electrons. The maximum atomic E-state index is 10.9. The fraction of sp³-hybridized carbons (Fsp3) is 0.611. The van der Waals surface area contributed by atoms with Gasteiger partial charge in [-0.05, 0) is 45.2 Å². The van der Waals surface area contributed by atoms with E-state index in [0.29, 0.717) is 18.6 Å². The average Bonchev–Trinajstić information content (AvgIpc) is 2.49. The summed E-state index contributed by atoms with van der Waals surface area (Å²) < 4.78 is 11.6. The van der Waals surface area contributed by atoms with E-state index in [9.17, 15) is 9.90 Å². The Balaban J connectivity index is 3.00. The minimum absolute atomic E-state index is 0.00645. The summed E-state index contributed by atoms with van der Waals surface area (Å²) in [5, 5.41) is 18.6. The van der Waals surface area contributed by atoms with E-state index in [-0.39, 0.29) is 25.2 Å². The van der Waals surface area contributed by atoms with Crippen LogP contribution in [0.4, 0.5) is 0 Å². The molecule has 0 saturated carbocycles. The van der Waals surface area contributed by atoms with Crippen LogP contribution in [0, 0.1) is 0 Å². The molecule has 1 aromatic carbocycles. The molecule has 23 heavy (non-hydrogen) atoms. The summed E-state index contributed by atoms with van der Waals surface area (Å²) in [5.41, 5.74) is 1.77. The van der Waals surface area contributed by atoms with Crippen LogP contribution in [-0.4, -0.2) is 35.0 Å². The minimum Gasteiger partial charge on any atom is -0.491 e. The monoisotopic (exact) mass is 324 g/mol. The Labute approximate surface area is 138 Å². The van der Waals surface area contributed by atoms with Gasteiger partial charge >= 0.3 is 5.97 Å². The third-order valence-corrected chi connectivity index (χ3v) is 3.57. The van der Waals surface area contributed by atoms with E-state index in [2.05, 4.69) is 0 Å². The summed E-state index contributed by atoms with van der Waals surface area (Å²) in [6, 6.07) is 5.66. The van der Waals surface area contributed by atoms with E-state index < -0.39 is 12.1 Å². The molecule has 5 nitrogen and oxygen atoms in total. The molecule has 2 atom stereocenters. The van der Waals surface area contributed by atoms with Gasteiger partial charge in [-0.1, -0.05) is 19.1 Å². The van der Waals surface area contributed by atoms with Gasteiger partial charge in [-0.3, -0.25) is 4.79 Å². The molecule has 5 heteroatoms. The normalized spacial score (nSPS) is 13.8. The van der Waals surface area contributed by atoms with Crippen LogP contribution in [0.5, 0.6) is 5.75 Å². The molecule has 1 aromatic rings. The lowest BCUT2D eigenvalue weighted by Gasteiger charge is -2.22. The maximum Gasteiger partial charge on any atom is 0.303 e.